The SMILES string of the molecule is O=CCCCCCOP(=O)(O)OP(=O)(O)O. The summed E-state index contributed by atoms with van der Waals surface area (Å²) >= 11 is 0. The molecular formula is C6H14O8P2. The van der Waals surface area contributed by atoms with Crippen molar-refractivity contribution in [3.05, 3.63) is 0 Å². The van der Waals surface area contributed by atoms with Crippen molar-refractivity contribution < 1.29 is 37.4 Å². The van der Waals surface area contributed by atoms with Crippen LogP contribution in [0.4, 0.5) is 0 Å². The van der Waals surface area contributed by atoms with Gasteiger partial charge in [0.25, 0.3) is 0 Å². The summed E-state index contributed by atoms with van der Waals surface area (Å²) in [7, 11) is -9.74. The predicted octanol–water partition coefficient (Wildman–Crippen LogP) is 0.972. The van der Waals surface area contributed by atoms with Crippen LogP contribution in [0.2, 0.25) is 0 Å². The molecule has 10 heteroatoms. The molecule has 96 valence electrons. The van der Waals surface area contributed by atoms with Crippen molar-refractivity contribution in [2.24, 2.45) is 0 Å². The third-order valence-electron chi connectivity index (χ3n) is 1.43. The summed E-state index contributed by atoms with van der Waals surface area (Å²) in [4.78, 5) is 35.3. The van der Waals surface area contributed by atoms with Crippen LogP contribution in [0.3, 0.4) is 0 Å². The summed E-state index contributed by atoms with van der Waals surface area (Å²) in [6.45, 7) is -0.174. The zero-order valence-electron chi connectivity index (χ0n) is 8.39. The number of aldehydes is 1. The first-order chi connectivity index (χ1) is 7.27. The van der Waals surface area contributed by atoms with Crippen molar-refractivity contribution in [1.82, 2.24) is 0 Å². The lowest BCUT2D eigenvalue weighted by Crippen LogP contribution is -1.96. The third-order valence-corrected chi connectivity index (χ3v) is 3.62. The minimum Gasteiger partial charge on any atom is -0.303 e. The van der Waals surface area contributed by atoms with Gasteiger partial charge in [-0.15, -0.1) is 0 Å². The Hall–Kier alpha value is -0.0700. The van der Waals surface area contributed by atoms with Gasteiger partial charge in [0.05, 0.1) is 6.61 Å². The van der Waals surface area contributed by atoms with E-state index in [0.717, 1.165) is 6.29 Å². The number of phosphoric ester groups is 1. The second kappa shape index (κ2) is 7.29. The monoisotopic (exact) mass is 276 g/mol. The van der Waals surface area contributed by atoms with Gasteiger partial charge in [-0.05, 0) is 12.8 Å². The Labute approximate surface area is 92.4 Å². The Balaban J connectivity index is 3.71. The Kier molecular flexibility index (Phi) is 7.26. The normalized spacial score (nSPS) is 15.7. The smallest absolute Gasteiger partial charge is 0.303 e. The van der Waals surface area contributed by atoms with Gasteiger partial charge in [0.1, 0.15) is 6.29 Å². The first kappa shape index (κ1) is 15.9. The maximum absolute atomic E-state index is 10.9. The number of hydrogen-bond donors (Lipinski definition) is 3. The fraction of sp³-hybridized carbons (Fsp3) is 0.833. The van der Waals surface area contributed by atoms with Crippen molar-refractivity contribution in [1.29, 1.82) is 0 Å². The van der Waals surface area contributed by atoms with E-state index in [-0.39, 0.29) is 6.61 Å². The van der Waals surface area contributed by atoms with Gasteiger partial charge in [0, 0.05) is 6.42 Å². The number of unbranched alkanes of at least 4 members (excludes halogenated alkanes) is 3. The molecule has 0 aliphatic rings. The molecule has 0 spiro atoms. The van der Waals surface area contributed by atoms with Crippen molar-refractivity contribution in [2.75, 3.05) is 6.61 Å². The molecule has 0 aliphatic carbocycles. The zero-order chi connectivity index (χ0) is 12.7. The van der Waals surface area contributed by atoms with Crippen LogP contribution in [0.5, 0.6) is 0 Å². The lowest BCUT2D eigenvalue weighted by atomic mass is 10.2. The molecule has 0 aromatic carbocycles. The quantitative estimate of drug-likeness (QED) is 0.322. The molecule has 0 heterocycles. The van der Waals surface area contributed by atoms with Gasteiger partial charge in [0.2, 0.25) is 0 Å². The largest absolute Gasteiger partial charge is 0.481 e. The van der Waals surface area contributed by atoms with Crippen LogP contribution in [0.25, 0.3) is 0 Å². The number of phosphoric acid groups is 2. The van der Waals surface area contributed by atoms with Crippen LogP contribution in [0.15, 0.2) is 0 Å². The van der Waals surface area contributed by atoms with Crippen molar-refractivity contribution in [3.63, 3.8) is 0 Å². The fourth-order valence-electron chi connectivity index (χ4n) is 0.844. The van der Waals surface area contributed by atoms with Crippen molar-refractivity contribution in [3.8, 4) is 0 Å². The van der Waals surface area contributed by atoms with Gasteiger partial charge in [0.15, 0.2) is 0 Å². The molecule has 0 saturated carbocycles. The molecule has 1 atom stereocenters. The molecule has 0 saturated heterocycles. The lowest BCUT2D eigenvalue weighted by molar-refractivity contribution is -0.107. The van der Waals surface area contributed by atoms with Crippen LogP contribution in [0.1, 0.15) is 25.7 Å². The average molecular weight is 276 g/mol. The van der Waals surface area contributed by atoms with Crippen LogP contribution < -0.4 is 0 Å². The maximum Gasteiger partial charge on any atom is 0.481 e. The van der Waals surface area contributed by atoms with E-state index in [4.69, 9.17) is 14.7 Å². The summed E-state index contributed by atoms with van der Waals surface area (Å²) in [5.74, 6) is 0. The van der Waals surface area contributed by atoms with E-state index in [1.54, 1.807) is 0 Å². The Morgan fingerprint density at radius 1 is 1.06 bits per heavy atom. The molecule has 0 aromatic heterocycles. The molecule has 16 heavy (non-hydrogen) atoms. The van der Waals surface area contributed by atoms with Gasteiger partial charge in [-0.1, -0.05) is 6.42 Å². The predicted molar refractivity (Wildman–Crippen MR) is 53.4 cm³/mol. The summed E-state index contributed by atoms with van der Waals surface area (Å²) in [6.07, 6.45) is 2.78. The fourth-order valence-corrected chi connectivity index (χ4v) is 2.47. The van der Waals surface area contributed by atoms with E-state index in [1.807, 2.05) is 0 Å². The topological polar surface area (TPSA) is 130 Å². The molecule has 8 nitrogen and oxygen atoms in total. The molecule has 0 amide bonds. The summed E-state index contributed by atoms with van der Waals surface area (Å²) < 4.78 is 29.0. The average Bonchev–Trinajstić information content (AvgIpc) is 2.06. The molecule has 1 unspecified atom stereocenters. The Morgan fingerprint density at radius 3 is 2.19 bits per heavy atom. The highest BCUT2D eigenvalue weighted by molar-refractivity contribution is 7.60. The van der Waals surface area contributed by atoms with E-state index in [9.17, 15) is 13.9 Å². The number of carbonyl (C=O) groups is 1. The zero-order valence-corrected chi connectivity index (χ0v) is 10.2. The maximum atomic E-state index is 10.9. The number of carbonyl (C=O) groups excluding carboxylic acids is 1. The second-order valence-corrected chi connectivity index (χ2v) is 5.72. The van der Waals surface area contributed by atoms with E-state index in [2.05, 4.69) is 8.83 Å². The first-order valence-corrected chi connectivity index (χ1v) is 7.47. The molecule has 0 bridgehead atoms. The van der Waals surface area contributed by atoms with E-state index in [1.165, 1.54) is 0 Å². The molecule has 3 N–H and O–H groups in total. The number of hydrogen-bond acceptors (Lipinski definition) is 5. The van der Waals surface area contributed by atoms with Gasteiger partial charge in [-0.2, -0.15) is 4.31 Å². The van der Waals surface area contributed by atoms with Crippen LogP contribution in [0, 0.1) is 0 Å². The van der Waals surface area contributed by atoms with Crippen LogP contribution in [-0.4, -0.2) is 27.6 Å². The molecule has 0 aromatic rings. The molecule has 0 radical (unpaired) electrons. The molecular weight excluding hydrogens is 262 g/mol. The van der Waals surface area contributed by atoms with Crippen molar-refractivity contribution in [2.45, 2.75) is 25.7 Å². The standard InChI is InChI=1S/C6H14O8P2/c7-5-3-1-2-4-6-13-16(11,12)14-15(8,9)10/h5H,1-4,6H2,(H,11,12)(H2,8,9,10). The minimum absolute atomic E-state index is 0.174. The van der Waals surface area contributed by atoms with Gasteiger partial charge >= 0.3 is 15.6 Å². The van der Waals surface area contributed by atoms with E-state index >= 15 is 0 Å². The van der Waals surface area contributed by atoms with Crippen LogP contribution in [-0.2, 0) is 22.8 Å². The second-order valence-electron chi connectivity index (χ2n) is 2.89. The molecule has 0 rings (SSSR count). The summed E-state index contributed by atoms with van der Waals surface area (Å²) in [6, 6.07) is 0. The highest BCUT2D eigenvalue weighted by Gasteiger charge is 2.31. The van der Waals surface area contributed by atoms with Crippen molar-refractivity contribution >= 4 is 21.9 Å². The summed E-state index contributed by atoms with van der Waals surface area (Å²) in [5.41, 5.74) is 0. The first-order valence-electron chi connectivity index (χ1n) is 4.45. The Bertz CT molecular complexity index is 297. The lowest BCUT2D eigenvalue weighted by Gasteiger charge is -2.11. The van der Waals surface area contributed by atoms with Gasteiger partial charge < -0.3 is 19.5 Å². The molecule has 0 fully saturated rings. The van der Waals surface area contributed by atoms with E-state index < -0.39 is 15.6 Å². The Morgan fingerprint density at radius 2 is 1.69 bits per heavy atom. The van der Waals surface area contributed by atoms with Crippen LogP contribution >= 0.6 is 15.6 Å². The van der Waals surface area contributed by atoms with Gasteiger partial charge in [-0.25, -0.2) is 9.13 Å². The summed E-state index contributed by atoms with van der Waals surface area (Å²) in [5, 5.41) is 0. The third kappa shape index (κ3) is 10.4. The van der Waals surface area contributed by atoms with E-state index in [0.29, 0.717) is 25.7 Å². The highest BCUT2D eigenvalue weighted by atomic mass is 31.3. The molecule has 0 aliphatic heterocycles. The number of rotatable bonds is 9. The highest BCUT2D eigenvalue weighted by Crippen LogP contribution is 2.57. The van der Waals surface area contributed by atoms with Gasteiger partial charge in [-0.3, -0.25) is 4.52 Å². The minimum atomic E-state index is -5.04.